The van der Waals surface area contributed by atoms with E-state index >= 15 is 0 Å². The fraction of sp³-hybridized carbons (Fsp3) is 0.400. The number of rotatable bonds is 3. The normalized spacial score (nSPS) is 14.8. The van der Waals surface area contributed by atoms with E-state index in [1.165, 1.54) is 0 Å². The Hall–Kier alpha value is -1.07. The van der Waals surface area contributed by atoms with Gasteiger partial charge in [0.15, 0.2) is 5.76 Å². The number of aliphatic hydroxyl groups excluding tert-OH is 4. The van der Waals surface area contributed by atoms with Crippen LogP contribution >= 0.6 is 0 Å². The predicted molar refractivity (Wildman–Crippen MR) is 31.4 cm³/mol. The summed E-state index contributed by atoms with van der Waals surface area (Å²) in [5.74, 6) is -2.08. The van der Waals surface area contributed by atoms with Gasteiger partial charge < -0.3 is 20.4 Å². The minimum absolute atomic E-state index is 0.154. The van der Waals surface area contributed by atoms with Gasteiger partial charge in [-0.3, -0.25) is 4.79 Å². The van der Waals surface area contributed by atoms with E-state index in [0.717, 1.165) is 0 Å². The molecule has 1 unspecified atom stereocenters. The first-order valence-electron chi connectivity index (χ1n) is 2.50. The molecule has 0 aliphatic carbocycles. The first kappa shape index (κ1) is 8.93. The van der Waals surface area contributed by atoms with Crippen LogP contribution in [0.25, 0.3) is 0 Å². The monoisotopic (exact) mass is 148 g/mol. The zero-order valence-corrected chi connectivity index (χ0v) is 5.06. The molecule has 10 heavy (non-hydrogen) atoms. The summed E-state index contributed by atoms with van der Waals surface area (Å²) >= 11 is 0. The van der Waals surface area contributed by atoms with E-state index in [4.69, 9.17) is 20.4 Å². The maximum atomic E-state index is 10.4. The van der Waals surface area contributed by atoms with Gasteiger partial charge in [0.2, 0.25) is 5.78 Å². The fourth-order valence-electron chi connectivity index (χ4n) is 0.317. The second-order valence-corrected chi connectivity index (χ2v) is 1.58. The molecule has 0 spiro atoms. The molecule has 0 radical (unpaired) electrons. The van der Waals surface area contributed by atoms with E-state index in [0.29, 0.717) is 0 Å². The summed E-state index contributed by atoms with van der Waals surface area (Å²) in [7, 11) is 0. The molecule has 0 fully saturated rings. The third-order valence-electron chi connectivity index (χ3n) is 0.850. The Morgan fingerprint density at radius 3 is 2.40 bits per heavy atom. The average Bonchev–Trinajstić information content (AvgIpc) is 2.00. The first-order chi connectivity index (χ1) is 4.63. The molecule has 0 amide bonds. The van der Waals surface area contributed by atoms with Crippen molar-refractivity contribution in [2.75, 3.05) is 6.61 Å². The lowest BCUT2D eigenvalue weighted by Gasteiger charge is -2.02. The largest absolute Gasteiger partial charge is 0.512 e. The zero-order valence-electron chi connectivity index (χ0n) is 5.06. The molecule has 0 aromatic carbocycles. The third-order valence-corrected chi connectivity index (χ3v) is 0.850. The van der Waals surface area contributed by atoms with Crippen molar-refractivity contribution in [2.24, 2.45) is 0 Å². The minimum Gasteiger partial charge on any atom is -0.512 e. The maximum Gasteiger partial charge on any atom is 0.231 e. The summed E-state index contributed by atoms with van der Waals surface area (Å²) in [5, 5.41) is 33.1. The Morgan fingerprint density at radius 1 is 1.60 bits per heavy atom. The molecule has 0 heterocycles. The van der Waals surface area contributed by atoms with Crippen molar-refractivity contribution < 1.29 is 25.2 Å². The van der Waals surface area contributed by atoms with Crippen molar-refractivity contribution in [3.05, 3.63) is 12.0 Å². The quantitative estimate of drug-likeness (QED) is 0.300. The summed E-state index contributed by atoms with van der Waals surface area (Å²) in [6, 6.07) is 0. The Bertz CT molecular complexity index is 150. The lowest BCUT2D eigenvalue weighted by atomic mass is 10.2. The molecule has 1 atom stereocenters. The lowest BCUT2D eigenvalue weighted by molar-refractivity contribution is -0.127. The molecule has 0 aromatic heterocycles. The SMILES string of the molecule is O=C(/C(O)=C/O)C(O)CO. The van der Waals surface area contributed by atoms with E-state index < -0.39 is 24.3 Å². The smallest absolute Gasteiger partial charge is 0.231 e. The van der Waals surface area contributed by atoms with E-state index in [2.05, 4.69) is 0 Å². The van der Waals surface area contributed by atoms with Crippen LogP contribution in [0, 0.1) is 0 Å². The molecular formula is C5H8O5. The maximum absolute atomic E-state index is 10.4. The van der Waals surface area contributed by atoms with E-state index in [1.54, 1.807) is 0 Å². The Balaban J connectivity index is 4.08. The molecule has 0 aliphatic heterocycles. The van der Waals surface area contributed by atoms with Crippen LogP contribution < -0.4 is 0 Å². The van der Waals surface area contributed by atoms with Gasteiger partial charge >= 0.3 is 0 Å². The number of carbonyl (C=O) groups excluding carboxylic acids is 1. The summed E-state index contributed by atoms with van der Waals surface area (Å²) in [6.45, 7) is -0.781. The zero-order chi connectivity index (χ0) is 8.15. The molecule has 58 valence electrons. The van der Waals surface area contributed by atoms with Gasteiger partial charge in [-0.15, -0.1) is 0 Å². The molecule has 0 saturated carbocycles. The van der Waals surface area contributed by atoms with Crippen molar-refractivity contribution in [3.8, 4) is 0 Å². The highest BCUT2D eigenvalue weighted by atomic mass is 16.3. The van der Waals surface area contributed by atoms with E-state index in [9.17, 15) is 4.79 Å². The van der Waals surface area contributed by atoms with Gasteiger partial charge in [0.05, 0.1) is 6.61 Å². The summed E-state index contributed by atoms with van der Waals surface area (Å²) in [5.41, 5.74) is 0. The molecule has 0 bridgehead atoms. The van der Waals surface area contributed by atoms with Crippen molar-refractivity contribution in [1.29, 1.82) is 0 Å². The third kappa shape index (κ3) is 2.04. The highest BCUT2D eigenvalue weighted by Gasteiger charge is 2.17. The molecule has 0 saturated heterocycles. The minimum atomic E-state index is -1.66. The van der Waals surface area contributed by atoms with Crippen molar-refractivity contribution in [3.63, 3.8) is 0 Å². The van der Waals surface area contributed by atoms with Gasteiger partial charge in [-0.1, -0.05) is 0 Å². The second-order valence-electron chi connectivity index (χ2n) is 1.58. The number of ketones is 1. The topological polar surface area (TPSA) is 98.0 Å². The molecule has 5 heteroatoms. The summed E-state index contributed by atoms with van der Waals surface area (Å²) < 4.78 is 0. The van der Waals surface area contributed by atoms with Crippen LogP contribution in [0.5, 0.6) is 0 Å². The standard InChI is InChI=1S/C5H8O5/c6-1-3(8)5(10)4(9)2-7/h1,4,6-9H,2H2/b3-1-. The van der Waals surface area contributed by atoms with Crippen LogP contribution in [0.1, 0.15) is 0 Å². The van der Waals surface area contributed by atoms with Crippen molar-refractivity contribution in [1.82, 2.24) is 0 Å². The molecule has 0 aliphatic rings. The van der Waals surface area contributed by atoms with Gasteiger partial charge in [-0.2, -0.15) is 0 Å². The molecule has 4 N–H and O–H groups in total. The summed E-state index contributed by atoms with van der Waals surface area (Å²) in [6.07, 6.45) is -1.51. The van der Waals surface area contributed by atoms with Crippen LogP contribution in [0.15, 0.2) is 12.0 Å². The average molecular weight is 148 g/mol. The fourth-order valence-corrected chi connectivity index (χ4v) is 0.317. The van der Waals surface area contributed by atoms with Gasteiger partial charge in [0.25, 0.3) is 0 Å². The number of aliphatic hydroxyl groups is 4. The lowest BCUT2D eigenvalue weighted by Crippen LogP contribution is -2.25. The van der Waals surface area contributed by atoms with Crippen molar-refractivity contribution >= 4 is 5.78 Å². The van der Waals surface area contributed by atoms with Crippen LogP contribution in [0.4, 0.5) is 0 Å². The van der Waals surface area contributed by atoms with E-state index in [1.807, 2.05) is 0 Å². The molecule has 5 nitrogen and oxygen atoms in total. The molecule has 0 aromatic rings. The second kappa shape index (κ2) is 3.86. The van der Waals surface area contributed by atoms with E-state index in [-0.39, 0.29) is 6.26 Å². The Morgan fingerprint density at radius 2 is 2.10 bits per heavy atom. The van der Waals surface area contributed by atoms with Crippen LogP contribution in [0.3, 0.4) is 0 Å². The highest BCUT2D eigenvalue weighted by Crippen LogP contribution is 1.94. The van der Waals surface area contributed by atoms with Gasteiger partial charge in [-0.05, 0) is 0 Å². The van der Waals surface area contributed by atoms with Crippen LogP contribution in [-0.2, 0) is 4.79 Å². The molecule has 0 rings (SSSR count). The number of carbonyl (C=O) groups is 1. The van der Waals surface area contributed by atoms with Gasteiger partial charge in [-0.25, -0.2) is 0 Å². The first-order valence-corrected chi connectivity index (χ1v) is 2.50. The number of hydrogen-bond donors (Lipinski definition) is 4. The highest BCUT2D eigenvalue weighted by molar-refractivity contribution is 5.96. The predicted octanol–water partition coefficient (Wildman–Crippen LogP) is -1.13. The number of hydrogen-bond acceptors (Lipinski definition) is 5. The van der Waals surface area contributed by atoms with Gasteiger partial charge in [0, 0.05) is 0 Å². The Labute approximate surface area is 56.8 Å². The van der Waals surface area contributed by atoms with Crippen LogP contribution in [-0.4, -0.2) is 38.9 Å². The summed E-state index contributed by atoms with van der Waals surface area (Å²) in [4.78, 5) is 10.4. The van der Waals surface area contributed by atoms with Gasteiger partial charge in [0.1, 0.15) is 12.4 Å². The number of Topliss-reactive ketones (excluding diaryl/α,β-unsaturated/α-hetero) is 1. The Kier molecular flexibility index (Phi) is 3.45. The molecular weight excluding hydrogens is 140 g/mol. The van der Waals surface area contributed by atoms with Crippen molar-refractivity contribution in [2.45, 2.75) is 6.10 Å². The van der Waals surface area contributed by atoms with Crippen LogP contribution in [0.2, 0.25) is 0 Å².